The van der Waals surface area contributed by atoms with Crippen LogP contribution in [0.4, 0.5) is 0 Å². The second kappa shape index (κ2) is 7.04. The molecular weight excluding hydrogens is 228 g/mol. The molecule has 0 heterocycles. The molecule has 1 N–H and O–H groups in total. The highest BCUT2D eigenvalue weighted by molar-refractivity contribution is 5.77. The highest BCUT2D eigenvalue weighted by Crippen LogP contribution is 2.27. The Morgan fingerprint density at radius 3 is 2.39 bits per heavy atom. The van der Waals surface area contributed by atoms with E-state index in [1.165, 1.54) is 0 Å². The first-order valence-electron chi connectivity index (χ1n) is 6.62. The predicted octanol–water partition coefficient (Wildman–Crippen LogP) is 3.88. The summed E-state index contributed by atoms with van der Waals surface area (Å²) in [5.74, 6) is -0.247. The minimum absolute atomic E-state index is 0.473. The number of ether oxygens (including phenoxy) is 1. The molecule has 0 aliphatic heterocycles. The van der Waals surface area contributed by atoms with Gasteiger partial charge >= 0.3 is 5.97 Å². The van der Waals surface area contributed by atoms with Crippen molar-refractivity contribution in [1.29, 1.82) is 0 Å². The minimum Gasteiger partial charge on any atom is -0.478 e. The molecule has 1 unspecified atom stereocenters. The van der Waals surface area contributed by atoms with Crippen LogP contribution in [0.1, 0.15) is 46.0 Å². The highest BCUT2D eigenvalue weighted by Gasteiger charge is 2.38. The van der Waals surface area contributed by atoms with Crippen LogP contribution in [0.5, 0.6) is 5.75 Å². The average Bonchev–Trinajstić information content (AvgIpc) is 2.38. The van der Waals surface area contributed by atoms with Crippen molar-refractivity contribution >= 4 is 5.97 Å². The first-order chi connectivity index (χ1) is 8.64. The highest BCUT2D eigenvalue weighted by atomic mass is 16.5. The maximum atomic E-state index is 11.5. The van der Waals surface area contributed by atoms with Crippen molar-refractivity contribution in [2.45, 2.75) is 51.6 Å². The van der Waals surface area contributed by atoms with Gasteiger partial charge in [0.2, 0.25) is 5.60 Å². The monoisotopic (exact) mass is 250 g/mol. The fraction of sp³-hybridized carbons (Fsp3) is 0.533. The van der Waals surface area contributed by atoms with Crippen LogP contribution in [-0.4, -0.2) is 16.7 Å². The summed E-state index contributed by atoms with van der Waals surface area (Å²) in [7, 11) is 0. The van der Waals surface area contributed by atoms with Crippen molar-refractivity contribution in [2.75, 3.05) is 0 Å². The van der Waals surface area contributed by atoms with Crippen LogP contribution in [0, 0.1) is 0 Å². The van der Waals surface area contributed by atoms with Crippen molar-refractivity contribution in [3.8, 4) is 5.75 Å². The van der Waals surface area contributed by atoms with Gasteiger partial charge < -0.3 is 9.84 Å². The van der Waals surface area contributed by atoms with Gasteiger partial charge in [-0.3, -0.25) is 0 Å². The lowest BCUT2D eigenvalue weighted by Crippen LogP contribution is -2.44. The number of para-hydroxylation sites is 1. The second-order valence-corrected chi connectivity index (χ2v) is 4.53. The van der Waals surface area contributed by atoms with Crippen LogP contribution < -0.4 is 4.74 Å². The standard InChI is InChI=1S/C15H22O3/c1-3-5-9-12-15(4-2,14(16)17)18-13-10-7-6-8-11-13/h6-8,10-11H,3-5,9,12H2,1-2H3,(H,16,17). The van der Waals surface area contributed by atoms with Gasteiger partial charge in [0.25, 0.3) is 0 Å². The maximum Gasteiger partial charge on any atom is 0.348 e. The Hall–Kier alpha value is -1.51. The van der Waals surface area contributed by atoms with Crippen LogP contribution in [0.25, 0.3) is 0 Å². The number of aliphatic carboxylic acids is 1. The zero-order chi connectivity index (χ0) is 13.4. The zero-order valence-electron chi connectivity index (χ0n) is 11.2. The molecule has 0 aromatic heterocycles. The smallest absolute Gasteiger partial charge is 0.348 e. The van der Waals surface area contributed by atoms with Crippen molar-refractivity contribution in [1.82, 2.24) is 0 Å². The van der Waals surface area contributed by atoms with E-state index >= 15 is 0 Å². The average molecular weight is 250 g/mol. The number of carbonyl (C=O) groups is 1. The molecule has 0 saturated heterocycles. The number of hydrogen-bond acceptors (Lipinski definition) is 2. The third-order valence-electron chi connectivity index (χ3n) is 3.20. The molecule has 0 aliphatic carbocycles. The van der Waals surface area contributed by atoms with Crippen molar-refractivity contribution in [3.63, 3.8) is 0 Å². The Bertz CT molecular complexity index is 361. The van der Waals surface area contributed by atoms with E-state index in [0.717, 1.165) is 19.3 Å². The van der Waals surface area contributed by atoms with Crippen LogP contribution >= 0.6 is 0 Å². The number of carboxylic acid groups (broad SMARTS) is 1. The van der Waals surface area contributed by atoms with Crippen LogP contribution in [0.2, 0.25) is 0 Å². The molecule has 1 aromatic carbocycles. The van der Waals surface area contributed by atoms with Crippen LogP contribution in [0.3, 0.4) is 0 Å². The largest absolute Gasteiger partial charge is 0.478 e. The fourth-order valence-electron chi connectivity index (χ4n) is 1.98. The van der Waals surface area contributed by atoms with Crippen LogP contribution in [-0.2, 0) is 4.79 Å². The molecule has 100 valence electrons. The van der Waals surface area contributed by atoms with Gasteiger partial charge in [0, 0.05) is 0 Å². The van der Waals surface area contributed by atoms with Gasteiger partial charge in [0.1, 0.15) is 5.75 Å². The molecule has 0 aliphatic rings. The topological polar surface area (TPSA) is 46.5 Å². The molecule has 0 fully saturated rings. The molecule has 1 atom stereocenters. The number of hydrogen-bond donors (Lipinski definition) is 1. The molecule has 0 amide bonds. The number of benzene rings is 1. The minimum atomic E-state index is -1.09. The number of carboxylic acids is 1. The van der Waals surface area contributed by atoms with E-state index in [9.17, 15) is 9.90 Å². The van der Waals surface area contributed by atoms with Crippen molar-refractivity contribution in [3.05, 3.63) is 30.3 Å². The van der Waals surface area contributed by atoms with E-state index in [1.807, 2.05) is 25.1 Å². The zero-order valence-corrected chi connectivity index (χ0v) is 11.2. The number of rotatable bonds is 8. The predicted molar refractivity (Wildman–Crippen MR) is 71.9 cm³/mol. The summed E-state index contributed by atoms with van der Waals surface area (Å²) in [4.78, 5) is 11.5. The van der Waals surface area contributed by atoms with Gasteiger partial charge in [-0.1, -0.05) is 44.9 Å². The lowest BCUT2D eigenvalue weighted by atomic mass is 9.93. The molecule has 0 bridgehead atoms. The summed E-state index contributed by atoms with van der Waals surface area (Å²) >= 11 is 0. The summed E-state index contributed by atoms with van der Waals surface area (Å²) in [6.07, 6.45) is 4.02. The third-order valence-corrected chi connectivity index (χ3v) is 3.20. The maximum absolute atomic E-state index is 11.5. The van der Waals surface area contributed by atoms with Crippen LogP contribution in [0.15, 0.2) is 30.3 Å². The van der Waals surface area contributed by atoms with E-state index in [1.54, 1.807) is 12.1 Å². The Morgan fingerprint density at radius 2 is 1.89 bits per heavy atom. The molecule has 3 heteroatoms. The lowest BCUT2D eigenvalue weighted by Gasteiger charge is -2.29. The fourth-order valence-corrected chi connectivity index (χ4v) is 1.98. The molecule has 0 radical (unpaired) electrons. The van der Waals surface area contributed by atoms with Crippen molar-refractivity contribution in [2.24, 2.45) is 0 Å². The SMILES string of the molecule is CCCCCC(CC)(Oc1ccccc1)C(=O)O. The van der Waals surface area contributed by atoms with E-state index in [2.05, 4.69) is 6.92 Å². The van der Waals surface area contributed by atoms with Gasteiger partial charge in [-0.15, -0.1) is 0 Å². The second-order valence-electron chi connectivity index (χ2n) is 4.53. The van der Waals surface area contributed by atoms with Crippen molar-refractivity contribution < 1.29 is 14.6 Å². The number of unbranched alkanes of at least 4 members (excludes halogenated alkanes) is 2. The van der Waals surface area contributed by atoms with Gasteiger partial charge in [-0.25, -0.2) is 4.79 Å². The Morgan fingerprint density at radius 1 is 1.22 bits per heavy atom. The molecule has 1 rings (SSSR count). The first kappa shape index (κ1) is 14.6. The lowest BCUT2D eigenvalue weighted by molar-refractivity contribution is -0.156. The summed E-state index contributed by atoms with van der Waals surface area (Å²) in [6, 6.07) is 9.19. The molecule has 1 aromatic rings. The molecule has 0 saturated carbocycles. The van der Waals surface area contributed by atoms with Gasteiger partial charge in [-0.2, -0.15) is 0 Å². The summed E-state index contributed by atoms with van der Waals surface area (Å²) in [5, 5.41) is 9.46. The Labute approximate surface area is 109 Å². The first-order valence-corrected chi connectivity index (χ1v) is 6.62. The molecular formula is C15H22O3. The molecule has 3 nitrogen and oxygen atoms in total. The normalized spacial score (nSPS) is 13.9. The molecule has 0 spiro atoms. The quantitative estimate of drug-likeness (QED) is 0.712. The van der Waals surface area contributed by atoms with Gasteiger partial charge in [0.15, 0.2) is 0 Å². The summed E-state index contributed by atoms with van der Waals surface area (Å²) < 4.78 is 5.76. The van der Waals surface area contributed by atoms with E-state index in [0.29, 0.717) is 18.6 Å². The molecule has 18 heavy (non-hydrogen) atoms. The van der Waals surface area contributed by atoms with E-state index in [-0.39, 0.29) is 0 Å². The Kier molecular flexibility index (Phi) is 5.69. The van der Waals surface area contributed by atoms with E-state index in [4.69, 9.17) is 4.74 Å². The third kappa shape index (κ3) is 3.76. The van der Waals surface area contributed by atoms with Gasteiger partial charge in [-0.05, 0) is 31.4 Å². The summed E-state index contributed by atoms with van der Waals surface area (Å²) in [5.41, 5.74) is -1.09. The summed E-state index contributed by atoms with van der Waals surface area (Å²) in [6.45, 7) is 3.97. The van der Waals surface area contributed by atoms with Gasteiger partial charge in [0.05, 0.1) is 0 Å². The Balaban J connectivity index is 2.79. The van der Waals surface area contributed by atoms with E-state index < -0.39 is 11.6 Å².